The summed E-state index contributed by atoms with van der Waals surface area (Å²) >= 11 is 0. The number of rotatable bonds is 5. The van der Waals surface area contributed by atoms with Gasteiger partial charge in [0.1, 0.15) is 5.60 Å². The van der Waals surface area contributed by atoms with E-state index in [2.05, 4.69) is 5.32 Å². The summed E-state index contributed by atoms with van der Waals surface area (Å²) in [5.41, 5.74) is 0.508. The molecule has 0 aliphatic rings. The second kappa shape index (κ2) is 5.93. The summed E-state index contributed by atoms with van der Waals surface area (Å²) in [7, 11) is 3.14. The highest BCUT2D eigenvalue weighted by Gasteiger charge is 2.23. The van der Waals surface area contributed by atoms with E-state index in [1.54, 1.807) is 14.2 Å². The van der Waals surface area contributed by atoms with E-state index in [4.69, 9.17) is 9.47 Å². The number of nitrogens with one attached hydrogen (secondary N) is 1. The molecule has 0 fully saturated rings. The highest BCUT2D eigenvalue weighted by atomic mass is 16.5. The van der Waals surface area contributed by atoms with Gasteiger partial charge in [-0.3, -0.25) is 4.79 Å². The number of aliphatic hydroxyl groups is 1. The second-order valence-corrected chi connectivity index (χ2v) is 4.88. The Balaban J connectivity index is 2.88. The van der Waals surface area contributed by atoms with Crippen LogP contribution in [0.25, 0.3) is 0 Å². The molecule has 2 N–H and O–H groups in total. The normalized spacial score (nSPS) is 11.1. The molecule has 1 amide bonds. The van der Waals surface area contributed by atoms with Crippen LogP contribution in [0.2, 0.25) is 0 Å². The summed E-state index contributed by atoms with van der Waals surface area (Å²) in [5.74, 6) is 0.847. The number of carbonyl (C=O) groups is 1. The summed E-state index contributed by atoms with van der Waals surface area (Å²) in [5, 5.41) is 12.2. The number of methoxy groups -OCH3 is 2. The molecule has 0 aliphatic carbocycles. The average molecular weight is 267 g/mol. The average Bonchev–Trinajstić information content (AvgIpc) is 2.35. The maximum atomic E-state index is 11.6. The molecule has 0 bridgehead atoms. The molecule has 0 radical (unpaired) electrons. The molecule has 0 saturated carbocycles. The third-order valence-corrected chi connectivity index (χ3v) is 2.84. The Bertz CT molecular complexity index is 463. The highest BCUT2D eigenvalue weighted by molar-refractivity contribution is 5.83. The second-order valence-electron chi connectivity index (χ2n) is 4.88. The van der Waals surface area contributed by atoms with Crippen LogP contribution < -0.4 is 14.8 Å². The molecule has 5 nitrogen and oxygen atoms in total. The third-order valence-electron chi connectivity index (χ3n) is 2.84. The topological polar surface area (TPSA) is 67.8 Å². The zero-order chi connectivity index (χ0) is 14.6. The van der Waals surface area contributed by atoms with Crippen molar-refractivity contribution in [3.8, 4) is 11.5 Å². The van der Waals surface area contributed by atoms with Crippen LogP contribution in [0.4, 0.5) is 0 Å². The Labute approximate surface area is 113 Å². The van der Waals surface area contributed by atoms with Gasteiger partial charge in [-0.1, -0.05) is 0 Å². The maximum absolute atomic E-state index is 11.6. The molecule has 19 heavy (non-hydrogen) atoms. The molecule has 1 rings (SSSR count). The van der Waals surface area contributed by atoms with Crippen LogP contribution >= 0.6 is 0 Å². The molecule has 1 aromatic carbocycles. The Morgan fingerprint density at radius 1 is 1.26 bits per heavy atom. The van der Waals surface area contributed by atoms with Crippen molar-refractivity contribution in [2.75, 3.05) is 14.2 Å². The van der Waals surface area contributed by atoms with Crippen molar-refractivity contribution in [2.45, 2.75) is 32.9 Å². The minimum atomic E-state index is -1.38. The standard InChI is InChI=1S/C14H21NO4/c1-9-6-11(18-4)12(19-5)7-10(9)8-15-13(16)14(2,3)17/h6-7,17H,8H2,1-5H3,(H,15,16). The minimum Gasteiger partial charge on any atom is -0.493 e. The number of aryl methyl sites for hydroxylation is 1. The van der Waals surface area contributed by atoms with Gasteiger partial charge in [-0.2, -0.15) is 0 Å². The molecule has 0 atom stereocenters. The number of hydrogen-bond donors (Lipinski definition) is 2. The van der Waals surface area contributed by atoms with E-state index in [-0.39, 0.29) is 0 Å². The fourth-order valence-electron chi connectivity index (χ4n) is 1.60. The molecule has 0 saturated heterocycles. The Morgan fingerprint density at radius 2 is 1.79 bits per heavy atom. The smallest absolute Gasteiger partial charge is 0.251 e. The number of hydrogen-bond acceptors (Lipinski definition) is 4. The molecule has 0 unspecified atom stereocenters. The van der Waals surface area contributed by atoms with E-state index in [9.17, 15) is 9.90 Å². The van der Waals surface area contributed by atoms with Gasteiger partial charge in [-0.05, 0) is 44.0 Å². The summed E-state index contributed by atoms with van der Waals surface area (Å²) in [4.78, 5) is 11.6. The highest BCUT2D eigenvalue weighted by Crippen LogP contribution is 2.30. The Kier molecular flexibility index (Phi) is 4.78. The van der Waals surface area contributed by atoms with Gasteiger partial charge in [0, 0.05) is 6.54 Å². The van der Waals surface area contributed by atoms with Crippen molar-refractivity contribution in [3.63, 3.8) is 0 Å². The van der Waals surface area contributed by atoms with Crippen LogP contribution in [0.15, 0.2) is 12.1 Å². The molecule has 0 aliphatic heterocycles. The number of carbonyl (C=O) groups excluding carboxylic acids is 1. The minimum absolute atomic E-state index is 0.328. The summed E-state index contributed by atoms with van der Waals surface area (Å²) < 4.78 is 10.4. The third kappa shape index (κ3) is 3.86. The van der Waals surface area contributed by atoms with Crippen molar-refractivity contribution in [3.05, 3.63) is 23.3 Å². The molecule has 0 spiro atoms. The van der Waals surface area contributed by atoms with Gasteiger partial charge in [0.25, 0.3) is 5.91 Å². The first-order valence-corrected chi connectivity index (χ1v) is 6.01. The van der Waals surface area contributed by atoms with Gasteiger partial charge in [0.05, 0.1) is 14.2 Å². The van der Waals surface area contributed by atoms with E-state index < -0.39 is 11.5 Å². The van der Waals surface area contributed by atoms with Gasteiger partial charge in [-0.15, -0.1) is 0 Å². The molecular weight excluding hydrogens is 246 g/mol. The monoisotopic (exact) mass is 267 g/mol. The largest absolute Gasteiger partial charge is 0.493 e. The maximum Gasteiger partial charge on any atom is 0.251 e. The lowest BCUT2D eigenvalue weighted by molar-refractivity contribution is -0.136. The van der Waals surface area contributed by atoms with E-state index >= 15 is 0 Å². The fraction of sp³-hybridized carbons (Fsp3) is 0.500. The van der Waals surface area contributed by atoms with Gasteiger partial charge in [-0.25, -0.2) is 0 Å². The zero-order valence-corrected chi connectivity index (χ0v) is 12.0. The SMILES string of the molecule is COc1cc(C)c(CNC(=O)C(C)(C)O)cc1OC. The van der Waals surface area contributed by atoms with Crippen LogP contribution in [0.1, 0.15) is 25.0 Å². The lowest BCUT2D eigenvalue weighted by Gasteiger charge is -2.18. The van der Waals surface area contributed by atoms with E-state index in [0.29, 0.717) is 18.0 Å². The summed E-state index contributed by atoms with van der Waals surface area (Å²) in [6.07, 6.45) is 0. The lowest BCUT2D eigenvalue weighted by atomic mass is 10.1. The van der Waals surface area contributed by atoms with Crippen molar-refractivity contribution in [1.29, 1.82) is 0 Å². The number of ether oxygens (including phenoxy) is 2. The van der Waals surface area contributed by atoms with E-state index in [0.717, 1.165) is 11.1 Å². The molecule has 106 valence electrons. The molecule has 5 heteroatoms. The van der Waals surface area contributed by atoms with Crippen molar-refractivity contribution < 1.29 is 19.4 Å². The summed E-state index contributed by atoms with van der Waals surface area (Å²) in [6, 6.07) is 3.67. The number of amides is 1. The first kappa shape index (κ1) is 15.3. The van der Waals surface area contributed by atoms with Crippen LogP contribution in [0, 0.1) is 6.92 Å². The Hall–Kier alpha value is -1.75. The van der Waals surface area contributed by atoms with Crippen LogP contribution in [-0.2, 0) is 11.3 Å². The van der Waals surface area contributed by atoms with Crippen LogP contribution in [-0.4, -0.2) is 30.8 Å². The zero-order valence-electron chi connectivity index (χ0n) is 12.0. The summed E-state index contributed by atoms with van der Waals surface area (Å²) in [6.45, 7) is 5.15. The predicted octanol–water partition coefficient (Wildman–Crippen LogP) is 1.40. The Morgan fingerprint density at radius 3 is 2.26 bits per heavy atom. The first-order chi connectivity index (χ1) is 8.79. The molecule has 1 aromatic rings. The van der Waals surface area contributed by atoms with Crippen LogP contribution in [0.5, 0.6) is 11.5 Å². The fourth-order valence-corrected chi connectivity index (χ4v) is 1.60. The van der Waals surface area contributed by atoms with Gasteiger partial charge in [0.2, 0.25) is 0 Å². The van der Waals surface area contributed by atoms with E-state index in [1.165, 1.54) is 13.8 Å². The van der Waals surface area contributed by atoms with Crippen molar-refractivity contribution in [2.24, 2.45) is 0 Å². The number of benzene rings is 1. The lowest BCUT2D eigenvalue weighted by Crippen LogP contribution is -2.41. The van der Waals surface area contributed by atoms with Crippen molar-refractivity contribution >= 4 is 5.91 Å². The molecule has 0 heterocycles. The van der Waals surface area contributed by atoms with Crippen LogP contribution in [0.3, 0.4) is 0 Å². The van der Waals surface area contributed by atoms with Gasteiger partial charge >= 0.3 is 0 Å². The first-order valence-electron chi connectivity index (χ1n) is 6.01. The van der Waals surface area contributed by atoms with Gasteiger partial charge < -0.3 is 19.9 Å². The van der Waals surface area contributed by atoms with E-state index in [1.807, 2.05) is 19.1 Å². The molecular formula is C14H21NO4. The quantitative estimate of drug-likeness (QED) is 0.846. The van der Waals surface area contributed by atoms with Gasteiger partial charge in [0.15, 0.2) is 11.5 Å². The predicted molar refractivity (Wildman–Crippen MR) is 72.4 cm³/mol. The van der Waals surface area contributed by atoms with Crippen molar-refractivity contribution in [1.82, 2.24) is 5.32 Å². The molecule has 0 aromatic heterocycles.